The van der Waals surface area contributed by atoms with Crippen LogP contribution < -0.4 is 27.4 Å². The average molecular weight is 265 g/mol. The van der Waals surface area contributed by atoms with Crippen molar-refractivity contribution in [3.8, 4) is 0 Å². The second-order valence-electron chi connectivity index (χ2n) is 3.60. The van der Waals surface area contributed by atoms with Crippen molar-refractivity contribution < 1.29 is 14.4 Å². The van der Waals surface area contributed by atoms with Gasteiger partial charge in [-0.25, -0.2) is 4.79 Å². The van der Waals surface area contributed by atoms with E-state index in [0.717, 1.165) is 0 Å². The molecule has 0 atom stereocenters. The SMILES string of the molecule is NCC(=O)NCC(=O)Nc1ccc(NC(N)=O)cc1. The van der Waals surface area contributed by atoms with Crippen LogP contribution >= 0.6 is 0 Å². The van der Waals surface area contributed by atoms with Gasteiger partial charge in [-0.1, -0.05) is 0 Å². The molecule has 0 saturated carbocycles. The van der Waals surface area contributed by atoms with Crippen LogP contribution in [0.5, 0.6) is 0 Å². The van der Waals surface area contributed by atoms with Crippen LogP contribution in [0.4, 0.5) is 16.2 Å². The van der Waals surface area contributed by atoms with E-state index >= 15 is 0 Å². The monoisotopic (exact) mass is 265 g/mol. The lowest BCUT2D eigenvalue weighted by Gasteiger charge is -2.07. The molecule has 1 aromatic rings. The Labute approximate surface area is 109 Å². The fourth-order valence-electron chi connectivity index (χ4n) is 1.24. The number of hydrogen-bond donors (Lipinski definition) is 5. The predicted octanol–water partition coefficient (Wildman–Crippen LogP) is -0.809. The highest BCUT2D eigenvalue weighted by molar-refractivity contribution is 5.95. The predicted molar refractivity (Wildman–Crippen MR) is 70.3 cm³/mol. The van der Waals surface area contributed by atoms with Crippen molar-refractivity contribution in [3.63, 3.8) is 0 Å². The highest BCUT2D eigenvalue weighted by Crippen LogP contribution is 2.12. The van der Waals surface area contributed by atoms with Gasteiger partial charge in [-0.2, -0.15) is 0 Å². The first-order valence-corrected chi connectivity index (χ1v) is 5.44. The molecular formula is C11H15N5O3. The molecule has 0 aliphatic heterocycles. The van der Waals surface area contributed by atoms with E-state index in [-0.39, 0.29) is 19.0 Å². The molecule has 7 N–H and O–H groups in total. The number of hydrogen-bond acceptors (Lipinski definition) is 4. The van der Waals surface area contributed by atoms with Crippen molar-refractivity contribution in [1.29, 1.82) is 0 Å². The van der Waals surface area contributed by atoms with Crippen LogP contribution in [0.2, 0.25) is 0 Å². The number of primary amides is 1. The number of nitrogens with one attached hydrogen (secondary N) is 3. The van der Waals surface area contributed by atoms with Crippen LogP contribution in [0, 0.1) is 0 Å². The number of benzene rings is 1. The molecule has 0 fully saturated rings. The van der Waals surface area contributed by atoms with Crippen LogP contribution in [0.15, 0.2) is 24.3 Å². The van der Waals surface area contributed by atoms with Crippen molar-refractivity contribution in [2.45, 2.75) is 0 Å². The lowest BCUT2D eigenvalue weighted by Crippen LogP contribution is -2.36. The summed E-state index contributed by atoms with van der Waals surface area (Å²) in [5, 5.41) is 7.29. The second kappa shape index (κ2) is 6.97. The fourth-order valence-corrected chi connectivity index (χ4v) is 1.24. The summed E-state index contributed by atoms with van der Waals surface area (Å²) < 4.78 is 0. The molecule has 102 valence electrons. The topological polar surface area (TPSA) is 139 Å². The Hall–Kier alpha value is -2.61. The fraction of sp³-hybridized carbons (Fsp3) is 0.182. The van der Waals surface area contributed by atoms with E-state index in [2.05, 4.69) is 16.0 Å². The van der Waals surface area contributed by atoms with Crippen LogP contribution in [0.1, 0.15) is 0 Å². The summed E-state index contributed by atoms with van der Waals surface area (Å²) >= 11 is 0. The molecule has 8 nitrogen and oxygen atoms in total. The molecule has 4 amide bonds. The van der Waals surface area contributed by atoms with Gasteiger partial charge >= 0.3 is 6.03 Å². The van der Waals surface area contributed by atoms with Crippen molar-refractivity contribution in [2.24, 2.45) is 11.5 Å². The molecule has 19 heavy (non-hydrogen) atoms. The molecule has 1 rings (SSSR count). The second-order valence-corrected chi connectivity index (χ2v) is 3.60. The van der Waals surface area contributed by atoms with E-state index in [1.807, 2.05) is 0 Å². The minimum Gasteiger partial charge on any atom is -0.351 e. The first-order valence-electron chi connectivity index (χ1n) is 5.44. The Kier molecular flexibility index (Phi) is 5.30. The van der Waals surface area contributed by atoms with E-state index in [1.54, 1.807) is 24.3 Å². The third-order valence-electron chi connectivity index (χ3n) is 2.07. The Morgan fingerprint density at radius 2 is 1.47 bits per heavy atom. The third kappa shape index (κ3) is 5.50. The summed E-state index contributed by atoms with van der Waals surface area (Å²) in [6.45, 7) is -0.321. The number of nitrogens with two attached hydrogens (primary N) is 2. The van der Waals surface area contributed by atoms with Gasteiger partial charge in [0.05, 0.1) is 13.1 Å². The minimum absolute atomic E-state index is 0.155. The highest BCUT2D eigenvalue weighted by atomic mass is 16.2. The zero-order chi connectivity index (χ0) is 14.3. The summed E-state index contributed by atoms with van der Waals surface area (Å²) in [7, 11) is 0. The molecule has 0 radical (unpaired) electrons. The van der Waals surface area contributed by atoms with Crippen LogP contribution in [0.3, 0.4) is 0 Å². The van der Waals surface area contributed by atoms with E-state index in [4.69, 9.17) is 11.5 Å². The summed E-state index contributed by atoms with van der Waals surface area (Å²) in [6, 6.07) is 5.68. The number of carbonyl (C=O) groups is 3. The zero-order valence-corrected chi connectivity index (χ0v) is 10.1. The highest BCUT2D eigenvalue weighted by Gasteiger charge is 2.04. The maximum Gasteiger partial charge on any atom is 0.316 e. The lowest BCUT2D eigenvalue weighted by molar-refractivity contribution is -0.123. The van der Waals surface area contributed by atoms with E-state index in [1.165, 1.54) is 0 Å². The average Bonchev–Trinajstić information content (AvgIpc) is 2.37. The first kappa shape index (κ1) is 14.5. The first-order chi connectivity index (χ1) is 9.01. The number of anilines is 2. The van der Waals surface area contributed by atoms with Gasteiger partial charge in [-0.3, -0.25) is 9.59 Å². The van der Waals surface area contributed by atoms with Crippen LogP contribution in [-0.4, -0.2) is 30.9 Å². The number of urea groups is 1. The molecule has 0 unspecified atom stereocenters. The Balaban J connectivity index is 2.46. The van der Waals surface area contributed by atoms with Gasteiger partial charge in [0.2, 0.25) is 11.8 Å². The maximum atomic E-state index is 11.4. The van der Waals surface area contributed by atoms with Crippen LogP contribution in [0.25, 0.3) is 0 Å². The molecule has 1 aromatic carbocycles. The van der Waals surface area contributed by atoms with Crippen molar-refractivity contribution >= 4 is 29.2 Å². The zero-order valence-electron chi connectivity index (χ0n) is 10.1. The van der Waals surface area contributed by atoms with E-state index in [9.17, 15) is 14.4 Å². The molecular weight excluding hydrogens is 250 g/mol. The van der Waals surface area contributed by atoms with Gasteiger partial charge in [0, 0.05) is 11.4 Å². The van der Waals surface area contributed by atoms with E-state index < -0.39 is 11.9 Å². The van der Waals surface area contributed by atoms with Crippen LogP contribution in [-0.2, 0) is 9.59 Å². The molecule has 0 saturated heterocycles. The molecule has 0 aliphatic carbocycles. The molecule has 0 bridgehead atoms. The van der Waals surface area contributed by atoms with Gasteiger partial charge < -0.3 is 27.4 Å². The molecule has 0 heterocycles. The van der Waals surface area contributed by atoms with Crippen molar-refractivity contribution in [3.05, 3.63) is 24.3 Å². The summed E-state index contributed by atoms with van der Waals surface area (Å²) in [5.74, 6) is -0.784. The summed E-state index contributed by atoms with van der Waals surface area (Å²) in [6.07, 6.45) is 0. The summed E-state index contributed by atoms with van der Waals surface area (Å²) in [4.78, 5) is 32.9. The number of rotatable bonds is 5. The molecule has 0 aliphatic rings. The van der Waals surface area contributed by atoms with E-state index in [0.29, 0.717) is 11.4 Å². The van der Waals surface area contributed by atoms with Gasteiger partial charge in [-0.05, 0) is 24.3 Å². The van der Waals surface area contributed by atoms with Crippen molar-refractivity contribution in [2.75, 3.05) is 23.7 Å². The Morgan fingerprint density at radius 3 is 1.95 bits per heavy atom. The van der Waals surface area contributed by atoms with Gasteiger partial charge in [0.15, 0.2) is 0 Å². The molecule has 0 aromatic heterocycles. The summed E-state index contributed by atoms with van der Waals surface area (Å²) in [5.41, 5.74) is 11.1. The van der Waals surface area contributed by atoms with Gasteiger partial charge in [0.25, 0.3) is 0 Å². The normalized spacial score (nSPS) is 9.53. The standard InChI is InChI=1S/C11H15N5O3/c12-5-9(17)14-6-10(18)15-7-1-3-8(4-2-7)16-11(13)19/h1-4H,5-6,12H2,(H,14,17)(H,15,18)(H3,13,16,19). The largest absolute Gasteiger partial charge is 0.351 e. The Morgan fingerprint density at radius 1 is 0.947 bits per heavy atom. The van der Waals surface area contributed by atoms with Gasteiger partial charge in [-0.15, -0.1) is 0 Å². The maximum absolute atomic E-state index is 11.4. The molecule has 0 spiro atoms. The molecule has 8 heteroatoms. The Bertz CT molecular complexity index is 472. The lowest BCUT2D eigenvalue weighted by atomic mass is 10.3. The smallest absolute Gasteiger partial charge is 0.316 e. The third-order valence-corrected chi connectivity index (χ3v) is 2.07. The number of carbonyl (C=O) groups excluding carboxylic acids is 3. The van der Waals surface area contributed by atoms with Crippen molar-refractivity contribution in [1.82, 2.24) is 5.32 Å². The number of amides is 4. The van der Waals surface area contributed by atoms with Gasteiger partial charge in [0.1, 0.15) is 0 Å². The minimum atomic E-state index is -0.665. The quantitative estimate of drug-likeness (QED) is 0.475.